The van der Waals surface area contributed by atoms with Crippen LogP contribution in [0.2, 0.25) is 0 Å². The van der Waals surface area contributed by atoms with Gasteiger partial charge in [-0.25, -0.2) is 0 Å². The summed E-state index contributed by atoms with van der Waals surface area (Å²) < 4.78 is 6.43. The molecule has 1 rings (SSSR count). The van der Waals surface area contributed by atoms with Gasteiger partial charge in [0.1, 0.15) is 6.61 Å². The number of thiophene rings is 1. The average molecular weight is 236 g/mol. The minimum Gasteiger partial charge on any atom is -0.483 e. The zero-order valence-electron chi connectivity index (χ0n) is 6.26. The SMILES string of the molecule is Cc1sc(OCCN)cc1Br. The molecule has 0 unspecified atom stereocenters. The largest absolute Gasteiger partial charge is 0.483 e. The van der Waals surface area contributed by atoms with Gasteiger partial charge in [0, 0.05) is 22.0 Å². The molecule has 2 nitrogen and oxygen atoms in total. The summed E-state index contributed by atoms with van der Waals surface area (Å²) in [6.45, 7) is 3.20. The smallest absolute Gasteiger partial charge is 0.175 e. The van der Waals surface area contributed by atoms with Crippen molar-refractivity contribution in [3.8, 4) is 5.06 Å². The fourth-order valence-electron chi connectivity index (χ4n) is 0.665. The van der Waals surface area contributed by atoms with Crippen molar-refractivity contribution < 1.29 is 4.74 Å². The minimum atomic E-state index is 0.564. The summed E-state index contributed by atoms with van der Waals surface area (Å²) in [6.07, 6.45) is 0. The molecule has 1 aromatic heterocycles. The summed E-state index contributed by atoms with van der Waals surface area (Å²) in [6, 6.07) is 1.97. The Morgan fingerprint density at radius 3 is 2.91 bits per heavy atom. The minimum absolute atomic E-state index is 0.564. The first kappa shape index (κ1) is 9.03. The van der Waals surface area contributed by atoms with Crippen molar-refractivity contribution >= 4 is 27.3 Å². The second-order valence-electron chi connectivity index (χ2n) is 2.11. The highest BCUT2D eigenvalue weighted by Crippen LogP contribution is 2.31. The molecule has 0 saturated carbocycles. The predicted molar refractivity (Wildman–Crippen MR) is 51.3 cm³/mol. The van der Waals surface area contributed by atoms with Gasteiger partial charge in [-0.2, -0.15) is 0 Å². The standard InChI is InChI=1S/C7H10BrNOS/c1-5-6(8)4-7(11-5)10-3-2-9/h4H,2-3,9H2,1H3. The Morgan fingerprint density at radius 2 is 2.45 bits per heavy atom. The molecule has 0 amide bonds. The Labute approximate surface area is 78.5 Å². The molecule has 0 aromatic carbocycles. The lowest BCUT2D eigenvalue weighted by molar-refractivity contribution is 0.338. The molecule has 11 heavy (non-hydrogen) atoms. The molecular weight excluding hydrogens is 226 g/mol. The Balaban J connectivity index is 2.58. The maximum atomic E-state index is 5.32. The van der Waals surface area contributed by atoms with Gasteiger partial charge in [0.15, 0.2) is 5.06 Å². The first-order chi connectivity index (χ1) is 5.24. The Bertz CT molecular complexity index is 217. The predicted octanol–water partition coefficient (Wildman–Crippen LogP) is 2.16. The van der Waals surface area contributed by atoms with E-state index < -0.39 is 0 Å². The molecule has 0 aliphatic carbocycles. The van der Waals surface area contributed by atoms with Crippen molar-refractivity contribution in [2.24, 2.45) is 5.73 Å². The quantitative estimate of drug-likeness (QED) is 0.872. The maximum absolute atomic E-state index is 5.32. The van der Waals surface area contributed by atoms with Gasteiger partial charge < -0.3 is 10.5 Å². The first-order valence-corrected chi connectivity index (χ1v) is 4.94. The van der Waals surface area contributed by atoms with Gasteiger partial charge in [-0.15, -0.1) is 11.3 Å². The van der Waals surface area contributed by atoms with Crippen LogP contribution >= 0.6 is 27.3 Å². The van der Waals surface area contributed by atoms with Crippen molar-refractivity contribution in [3.05, 3.63) is 15.4 Å². The van der Waals surface area contributed by atoms with Crippen LogP contribution < -0.4 is 10.5 Å². The summed E-state index contributed by atoms with van der Waals surface area (Å²) in [7, 11) is 0. The van der Waals surface area contributed by atoms with Gasteiger partial charge >= 0.3 is 0 Å². The van der Waals surface area contributed by atoms with Crippen LogP contribution in [-0.2, 0) is 0 Å². The number of ether oxygens (including phenoxy) is 1. The molecule has 62 valence electrons. The Morgan fingerprint density at radius 1 is 1.73 bits per heavy atom. The molecule has 0 atom stereocenters. The Hall–Kier alpha value is -0.0600. The number of rotatable bonds is 3. The number of hydrogen-bond donors (Lipinski definition) is 1. The maximum Gasteiger partial charge on any atom is 0.175 e. The lowest BCUT2D eigenvalue weighted by Gasteiger charge is -1.97. The molecule has 0 saturated heterocycles. The topological polar surface area (TPSA) is 35.2 Å². The van der Waals surface area contributed by atoms with Crippen molar-refractivity contribution in [3.63, 3.8) is 0 Å². The van der Waals surface area contributed by atoms with E-state index in [4.69, 9.17) is 10.5 Å². The molecule has 0 bridgehead atoms. The van der Waals surface area contributed by atoms with Gasteiger partial charge in [-0.05, 0) is 22.9 Å². The normalized spacial score (nSPS) is 10.1. The second kappa shape index (κ2) is 4.09. The van der Waals surface area contributed by atoms with E-state index in [2.05, 4.69) is 15.9 Å². The lowest BCUT2D eigenvalue weighted by Crippen LogP contribution is -2.09. The van der Waals surface area contributed by atoms with E-state index in [9.17, 15) is 0 Å². The van der Waals surface area contributed by atoms with Crippen LogP contribution in [0.4, 0.5) is 0 Å². The summed E-state index contributed by atoms with van der Waals surface area (Å²) in [5, 5.41) is 0.930. The lowest BCUT2D eigenvalue weighted by atomic mass is 10.5. The summed E-state index contributed by atoms with van der Waals surface area (Å²) in [4.78, 5) is 1.23. The summed E-state index contributed by atoms with van der Waals surface area (Å²) in [5.41, 5.74) is 5.29. The molecule has 0 aliphatic rings. The van der Waals surface area contributed by atoms with Gasteiger partial charge in [-0.1, -0.05) is 0 Å². The fraction of sp³-hybridized carbons (Fsp3) is 0.429. The number of halogens is 1. The number of hydrogen-bond acceptors (Lipinski definition) is 3. The number of aryl methyl sites for hydroxylation is 1. The van der Waals surface area contributed by atoms with Crippen LogP contribution in [-0.4, -0.2) is 13.2 Å². The molecular formula is C7H10BrNOS. The zero-order valence-corrected chi connectivity index (χ0v) is 8.67. The zero-order chi connectivity index (χ0) is 8.27. The molecule has 1 aromatic rings. The molecule has 0 fully saturated rings. The van der Waals surface area contributed by atoms with E-state index in [0.717, 1.165) is 9.54 Å². The molecule has 0 aliphatic heterocycles. The van der Waals surface area contributed by atoms with Crippen molar-refractivity contribution in [1.29, 1.82) is 0 Å². The highest BCUT2D eigenvalue weighted by Gasteiger charge is 2.01. The van der Waals surface area contributed by atoms with E-state index in [1.165, 1.54) is 4.88 Å². The second-order valence-corrected chi connectivity index (χ2v) is 4.18. The van der Waals surface area contributed by atoms with Crippen LogP contribution in [0.3, 0.4) is 0 Å². The van der Waals surface area contributed by atoms with E-state index in [1.807, 2.05) is 13.0 Å². The van der Waals surface area contributed by atoms with E-state index in [1.54, 1.807) is 11.3 Å². The summed E-state index contributed by atoms with van der Waals surface area (Å²) >= 11 is 5.04. The van der Waals surface area contributed by atoms with Crippen molar-refractivity contribution in [1.82, 2.24) is 0 Å². The third kappa shape index (κ3) is 2.47. The third-order valence-corrected chi connectivity index (χ3v) is 3.25. The van der Waals surface area contributed by atoms with Crippen LogP contribution in [0.5, 0.6) is 5.06 Å². The molecule has 0 radical (unpaired) electrons. The van der Waals surface area contributed by atoms with Crippen LogP contribution in [0, 0.1) is 6.92 Å². The molecule has 0 spiro atoms. The molecule has 2 N–H and O–H groups in total. The molecule has 1 heterocycles. The Kier molecular flexibility index (Phi) is 3.36. The average Bonchev–Trinajstić information content (AvgIpc) is 2.28. The van der Waals surface area contributed by atoms with E-state index in [0.29, 0.717) is 13.2 Å². The summed E-state index contributed by atoms with van der Waals surface area (Å²) in [5.74, 6) is 0. The van der Waals surface area contributed by atoms with E-state index >= 15 is 0 Å². The first-order valence-electron chi connectivity index (χ1n) is 3.33. The van der Waals surface area contributed by atoms with Crippen LogP contribution in [0.15, 0.2) is 10.5 Å². The van der Waals surface area contributed by atoms with Gasteiger partial charge in [0.2, 0.25) is 0 Å². The third-order valence-electron chi connectivity index (χ3n) is 1.20. The highest BCUT2D eigenvalue weighted by atomic mass is 79.9. The van der Waals surface area contributed by atoms with Gasteiger partial charge in [0.25, 0.3) is 0 Å². The van der Waals surface area contributed by atoms with Gasteiger partial charge in [-0.3, -0.25) is 0 Å². The molecule has 4 heteroatoms. The fourth-order valence-corrected chi connectivity index (χ4v) is 2.04. The van der Waals surface area contributed by atoms with Crippen molar-refractivity contribution in [2.75, 3.05) is 13.2 Å². The monoisotopic (exact) mass is 235 g/mol. The number of nitrogens with two attached hydrogens (primary N) is 1. The van der Waals surface area contributed by atoms with Crippen molar-refractivity contribution in [2.45, 2.75) is 6.92 Å². The van der Waals surface area contributed by atoms with E-state index in [-0.39, 0.29) is 0 Å². The van der Waals surface area contributed by atoms with Crippen LogP contribution in [0.1, 0.15) is 4.88 Å². The van der Waals surface area contributed by atoms with Crippen LogP contribution in [0.25, 0.3) is 0 Å². The van der Waals surface area contributed by atoms with Gasteiger partial charge in [0.05, 0.1) is 0 Å². The highest BCUT2D eigenvalue weighted by molar-refractivity contribution is 9.10.